The highest BCUT2D eigenvalue weighted by atomic mass is 35.5. The van der Waals surface area contributed by atoms with Crippen molar-refractivity contribution in [2.75, 3.05) is 33.7 Å². The number of ketones is 1. The van der Waals surface area contributed by atoms with E-state index in [9.17, 15) is 4.79 Å². The van der Waals surface area contributed by atoms with Crippen molar-refractivity contribution >= 4 is 17.4 Å². The lowest BCUT2D eigenvalue weighted by Crippen LogP contribution is -2.50. The van der Waals surface area contributed by atoms with E-state index in [0.717, 1.165) is 25.2 Å². The van der Waals surface area contributed by atoms with Crippen molar-refractivity contribution in [2.45, 2.75) is 18.9 Å². The first kappa shape index (κ1) is 14.5. The fourth-order valence-electron chi connectivity index (χ4n) is 2.53. The lowest BCUT2D eigenvalue weighted by Gasteiger charge is -2.37. The molecule has 1 fully saturated rings. The van der Waals surface area contributed by atoms with Gasteiger partial charge in [-0.2, -0.15) is 0 Å². The number of hydrogen-bond acceptors (Lipinski definition) is 3. The summed E-state index contributed by atoms with van der Waals surface area (Å²) in [4.78, 5) is 16.7. The minimum atomic E-state index is 0.286. The number of hydrogen-bond donors (Lipinski definition) is 0. The molecule has 1 aromatic rings. The maximum atomic E-state index is 12.2. The molecule has 4 heteroatoms. The molecule has 1 heterocycles. The summed E-state index contributed by atoms with van der Waals surface area (Å²) >= 11 is 5.94. The van der Waals surface area contributed by atoms with E-state index in [4.69, 9.17) is 11.6 Å². The Morgan fingerprint density at radius 1 is 1.37 bits per heavy atom. The Morgan fingerprint density at radius 2 is 2.16 bits per heavy atom. The fraction of sp³-hybridized carbons (Fsp3) is 0.533. The number of halogens is 1. The van der Waals surface area contributed by atoms with Crippen molar-refractivity contribution < 1.29 is 4.79 Å². The van der Waals surface area contributed by atoms with Gasteiger partial charge in [0.1, 0.15) is 5.78 Å². The molecule has 1 aliphatic rings. The number of likely N-dealkylation sites (N-methyl/N-ethyl adjacent to an activating group) is 2. The van der Waals surface area contributed by atoms with Gasteiger partial charge >= 0.3 is 0 Å². The van der Waals surface area contributed by atoms with Crippen LogP contribution in [-0.2, 0) is 11.2 Å². The first-order chi connectivity index (χ1) is 9.04. The van der Waals surface area contributed by atoms with Gasteiger partial charge in [0.2, 0.25) is 0 Å². The third-order valence-corrected chi connectivity index (χ3v) is 3.97. The molecular formula is C15H21ClN2O. The third kappa shape index (κ3) is 4.30. The molecule has 0 aromatic heterocycles. The van der Waals surface area contributed by atoms with Gasteiger partial charge in [-0.3, -0.25) is 4.79 Å². The molecule has 0 saturated carbocycles. The molecule has 0 aliphatic carbocycles. The van der Waals surface area contributed by atoms with Crippen molar-refractivity contribution in [3.8, 4) is 0 Å². The molecule has 104 valence electrons. The van der Waals surface area contributed by atoms with Crippen molar-refractivity contribution in [3.63, 3.8) is 0 Å². The molecule has 1 aliphatic heterocycles. The molecule has 0 radical (unpaired) electrons. The molecule has 1 unspecified atom stereocenters. The van der Waals surface area contributed by atoms with Gasteiger partial charge in [-0.1, -0.05) is 23.7 Å². The van der Waals surface area contributed by atoms with E-state index in [0.29, 0.717) is 23.9 Å². The predicted octanol–water partition coefficient (Wildman–Crippen LogP) is 2.09. The van der Waals surface area contributed by atoms with Crippen LogP contribution in [0.1, 0.15) is 12.0 Å². The summed E-state index contributed by atoms with van der Waals surface area (Å²) < 4.78 is 0. The number of rotatable bonds is 4. The lowest BCUT2D eigenvalue weighted by molar-refractivity contribution is -0.120. The SMILES string of the molecule is CN1CCN(C)C(CC(=O)Cc2cccc(Cl)c2)C1. The Hall–Kier alpha value is -0.900. The maximum absolute atomic E-state index is 12.2. The van der Waals surface area contributed by atoms with Crippen molar-refractivity contribution in [2.24, 2.45) is 0 Å². The molecule has 3 nitrogen and oxygen atoms in total. The summed E-state index contributed by atoms with van der Waals surface area (Å²) in [5, 5.41) is 0.694. The van der Waals surface area contributed by atoms with Crippen LogP contribution in [0.25, 0.3) is 0 Å². The number of Topliss-reactive ketones (excluding diaryl/α,β-unsaturated/α-hetero) is 1. The number of piperazine rings is 1. The molecule has 1 aromatic carbocycles. The van der Waals surface area contributed by atoms with Crippen LogP contribution in [0.3, 0.4) is 0 Å². The molecule has 0 amide bonds. The van der Waals surface area contributed by atoms with Crippen LogP contribution in [0.4, 0.5) is 0 Å². The van der Waals surface area contributed by atoms with Crippen LogP contribution < -0.4 is 0 Å². The number of nitrogens with zero attached hydrogens (tertiary/aromatic N) is 2. The highest BCUT2D eigenvalue weighted by Gasteiger charge is 2.24. The zero-order valence-electron chi connectivity index (χ0n) is 11.6. The second-order valence-electron chi connectivity index (χ2n) is 5.45. The molecular weight excluding hydrogens is 260 g/mol. The van der Waals surface area contributed by atoms with Gasteiger partial charge in [0.05, 0.1) is 0 Å². The number of carbonyl (C=O) groups is 1. The van der Waals surface area contributed by atoms with Crippen LogP contribution in [-0.4, -0.2) is 55.4 Å². The number of carbonyl (C=O) groups excluding carboxylic acids is 1. The maximum Gasteiger partial charge on any atom is 0.138 e. The largest absolute Gasteiger partial charge is 0.304 e. The Bertz CT molecular complexity index is 450. The Balaban J connectivity index is 1.90. The minimum absolute atomic E-state index is 0.286. The summed E-state index contributed by atoms with van der Waals surface area (Å²) in [6.07, 6.45) is 1.10. The van der Waals surface area contributed by atoms with E-state index >= 15 is 0 Å². The normalized spacial score (nSPS) is 21.5. The summed E-state index contributed by atoms with van der Waals surface area (Å²) in [6, 6.07) is 7.90. The summed E-state index contributed by atoms with van der Waals surface area (Å²) in [7, 11) is 4.21. The van der Waals surface area contributed by atoms with Crippen LogP contribution in [0.2, 0.25) is 5.02 Å². The van der Waals surface area contributed by atoms with E-state index in [1.165, 1.54) is 0 Å². The quantitative estimate of drug-likeness (QED) is 0.844. The molecule has 19 heavy (non-hydrogen) atoms. The van der Waals surface area contributed by atoms with Crippen LogP contribution in [0.5, 0.6) is 0 Å². The second kappa shape index (κ2) is 6.51. The van der Waals surface area contributed by atoms with Gasteiger partial charge < -0.3 is 9.80 Å². The molecule has 0 N–H and O–H groups in total. The van der Waals surface area contributed by atoms with Crippen molar-refractivity contribution in [1.29, 1.82) is 0 Å². The van der Waals surface area contributed by atoms with E-state index in [1.807, 2.05) is 24.3 Å². The van der Waals surface area contributed by atoms with Gasteiger partial charge in [0.15, 0.2) is 0 Å². The topological polar surface area (TPSA) is 23.6 Å². The average molecular weight is 281 g/mol. The van der Waals surface area contributed by atoms with Gasteiger partial charge in [0.25, 0.3) is 0 Å². The molecule has 1 saturated heterocycles. The molecule has 2 rings (SSSR count). The zero-order chi connectivity index (χ0) is 13.8. The van der Waals surface area contributed by atoms with Gasteiger partial charge in [-0.25, -0.2) is 0 Å². The van der Waals surface area contributed by atoms with Gasteiger partial charge in [-0.05, 0) is 31.8 Å². The second-order valence-corrected chi connectivity index (χ2v) is 5.88. The van der Waals surface area contributed by atoms with Gasteiger partial charge in [-0.15, -0.1) is 0 Å². The zero-order valence-corrected chi connectivity index (χ0v) is 12.4. The smallest absolute Gasteiger partial charge is 0.138 e. The van der Waals surface area contributed by atoms with Crippen LogP contribution in [0, 0.1) is 0 Å². The molecule has 0 spiro atoms. The van der Waals surface area contributed by atoms with Crippen molar-refractivity contribution in [1.82, 2.24) is 9.80 Å². The Kier molecular flexibility index (Phi) is 4.97. The van der Waals surface area contributed by atoms with Gasteiger partial charge in [0, 0.05) is 43.5 Å². The van der Waals surface area contributed by atoms with E-state index in [1.54, 1.807) is 0 Å². The summed E-state index contributed by atoms with van der Waals surface area (Å²) in [6.45, 7) is 3.08. The summed E-state index contributed by atoms with van der Waals surface area (Å²) in [5.74, 6) is 0.286. The highest BCUT2D eigenvalue weighted by Crippen LogP contribution is 2.14. The van der Waals surface area contributed by atoms with Crippen LogP contribution in [0.15, 0.2) is 24.3 Å². The standard InChI is InChI=1S/C15H21ClN2O/c1-17-6-7-18(2)14(11-17)10-15(19)9-12-4-3-5-13(16)8-12/h3-5,8,14H,6-7,9-11H2,1-2H3. The van der Waals surface area contributed by atoms with E-state index in [2.05, 4.69) is 23.9 Å². The third-order valence-electron chi connectivity index (χ3n) is 3.73. The lowest BCUT2D eigenvalue weighted by atomic mass is 10.0. The molecule has 0 bridgehead atoms. The van der Waals surface area contributed by atoms with E-state index in [-0.39, 0.29) is 5.78 Å². The highest BCUT2D eigenvalue weighted by molar-refractivity contribution is 6.30. The minimum Gasteiger partial charge on any atom is -0.304 e. The van der Waals surface area contributed by atoms with E-state index < -0.39 is 0 Å². The Labute approximate surface area is 120 Å². The van der Waals surface area contributed by atoms with Crippen molar-refractivity contribution in [3.05, 3.63) is 34.9 Å². The summed E-state index contributed by atoms with van der Waals surface area (Å²) in [5.41, 5.74) is 1.00. The first-order valence-electron chi connectivity index (χ1n) is 6.69. The first-order valence-corrected chi connectivity index (χ1v) is 7.07. The fourth-order valence-corrected chi connectivity index (χ4v) is 2.74. The predicted molar refractivity (Wildman–Crippen MR) is 78.7 cm³/mol. The number of benzene rings is 1. The monoisotopic (exact) mass is 280 g/mol. The average Bonchev–Trinajstić information content (AvgIpc) is 2.34. The van der Waals surface area contributed by atoms with Crippen LogP contribution >= 0.6 is 11.6 Å². The Morgan fingerprint density at radius 3 is 2.89 bits per heavy atom. The molecule has 1 atom stereocenters.